The van der Waals surface area contributed by atoms with Gasteiger partial charge in [0.15, 0.2) is 0 Å². The maximum atomic E-state index is 13.2. The number of benzene rings is 2. The van der Waals surface area contributed by atoms with Crippen molar-refractivity contribution in [1.29, 1.82) is 0 Å². The van der Waals surface area contributed by atoms with Gasteiger partial charge < -0.3 is 14.8 Å². The molecule has 1 saturated heterocycles. The number of nitrogens with zero attached hydrogens (tertiary/aromatic N) is 2. The molecule has 3 aromatic rings. The van der Waals surface area contributed by atoms with Crippen molar-refractivity contribution < 1.29 is 9.59 Å². The van der Waals surface area contributed by atoms with Crippen LogP contribution in [0.4, 0.5) is 0 Å². The molecular weight excluding hydrogens is 386 g/mol. The number of halogens is 1. The number of aromatic amines is 1. The summed E-state index contributed by atoms with van der Waals surface area (Å²) in [6, 6.07) is 15.8. The third-order valence-corrected chi connectivity index (χ3v) is 6.45. The van der Waals surface area contributed by atoms with E-state index in [1.165, 1.54) is 16.6 Å². The zero-order valence-electron chi connectivity index (χ0n) is 16.0. The minimum absolute atomic E-state index is 0.0214. The van der Waals surface area contributed by atoms with E-state index in [0.29, 0.717) is 31.2 Å². The fraction of sp³-hybridized carbons (Fsp3) is 0.304. The van der Waals surface area contributed by atoms with Gasteiger partial charge in [0.1, 0.15) is 0 Å². The molecule has 0 radical (unpaired) electrons. The van der Waals surface area contributed by atoms with Crippen LogP contribution in [0.3, 0.4) is 0 Å². The summed E-state index contributed by atoms with van der Waals surface area (Å²) in [6.07, 6.45) is 1.10. The Bertz CT molecular complexity index is 1110. The van der Waals surface area contributed by atoms with Crippen molar-refractivity contribution in [3.63, 3.8) is 0 Å². The van der Waals surface area contributed by atoms with Crippen LogP contribution in [0.15, 0.2) is 48.5 Å². The Morgan fingerprint density at radius 1 is 1.14 bits per heavy atom. The highest BCUT2D eigenvalue weighted by Gasteiger charge is 2.37. The first-order chi connectivity index (χ1) is 14.1. The molecule has 3 heterocycles. The molecule has 1 atom stereocenters. The molecule has 0 saturated carbocycles. The molecule has 5 rings (SSSR count). The number of rotatable bonds is 3. The van der Waals surface area contributed by atoms with Gasteiger partial charge in [-0.05, 0) is 17.7 Å². The summed E-state index contributed by atoms with van der Waals surface area (Å²) in [5.41, 5.74) is 4.46. The molecule has 1 aromatic heterocycles. The Kier molecular flexibility index (Phi) is 4.55. The summed E-state index contributed by atoms with van der Waals surface area (Å²) in [4.78, 5) is 32.9. The molecule has 148 valence electrons. The minimum Gasteiger partial charge on any atom is -0.358 e. The predicted octanol–water partition coefficient (Wildman–Crippen LogP) is 3.75. The van der Waals surface area contributed by atoms with Gasteiger partial charge >= 0.3 is 0 Å². The number of likely N-dealkylation sites (tertiary alicyclic amines) is 1. The zero-order chi connectivity index (χ0) is 20.0. The summed E-state index contributed by atoms with van der Waals surface area (Å²) < 4.78 is 0. The molecule has 0 spiro atoms. The van der Waals surface area contributed by atoms with Crippen molar-refractivity contribution in [2.24, 2.45) is 5.92 Å². The quantitative estimate of drug-likeness (QED) is 0.718. The van der Waals surface area contributed by atoms with Crippen LogP contribution in [0.5, 0.6) is 0 Å². The first-order valence-electron chi connectivity index (χ1n) is 9.98. The summed E-state index contributed by atoms with van der Waals surface area (Å²) in [5.74, 6) is -0.180. The number of nitrogens with one attached hydrogen (secondary N) is 1. The number of carbonyl (C=O) groups is 2. The molecule has 1 N–H and O–H groups in total. The number of H-pyrrole nitrogens is 1. The molecule has 1 unspecified atom stereocenters. The SMILES string of the molecule is O=C1CC(C(=O)N2CCc3[nH]c4ccccc4c3C2)CN1Cc1ccccc1Cl. The lowest BCUT2D eigenvalue weighted by molar-refractivity contribution is -0.136. The van der Waals surface area contributed by atoms with Gasteiger partial charge in [-0.15, -0.1) is 0 Å². The van der Waals surface area contributed by atoms with Gasteiger partial charge in [0.05, 0.1) is 5.92 Å². The number of hydrogen-bond acceptors (Lipinski definition) is 2. The zero-order valence-corrected chi connectivity index (χ0v) is 16.8. The number of fused-ring (bicyclic) bond motifs is 3. The lowest BCUT2D eigenvalue weighted by Crippen LogP contribution is -2.40. The van der Waals surface area contributed by atoms with Crippen molar-refractivity contribution >= 4 is 34.3 Å². The normalized spacial score (nSPS) is 19.1. The van der Waals surface area contributed by atoms with Gasteiger partial charge in [0.2, 0.25) is 11.8 Å². The number of aromatic nitrogens is 1. The highest BCUT2D eigenvalue weighted by molar-refractivity contribution is 6.31. The van der Waals surface area contributed by atoms with Crippen LogP contribution >= 0.6 is 11.6 Å². The Balaban J connectivity index is 1.30. The minimum atomic E-state index is -0.281. The molecule has 2 aliphatic rings. The van der Waals surface area contributed by atoms with E-state index in [2.05, 4.69) is 17.1 Å². The number of amides is 2. The van der Waals surface area contributed by atoms with Crippen LogP contribution in [0.25, 0.3) is 10.9 Å². The van der Waals surface area contributed by atoms with Crippen LogP contribution in [-0.4, -0.2) is 39.7 Å². The van der Waals surface area contributed by atoms with Crippen LogP contribution in [-0.2, 0) is 29.1 Å². The lowest BCUT2D eigenvalue weighted by atomic mass is 10.0. The first kappa shape index (κ1) is 18.3. The number of para-hydroxylation sites is 1. The molecule has 6 heteroatoms. The van der Waals surface area contributed by atoms with E-state index >= 15 is 0 Å². The second-order valence-corrected chi connectivity index (χ2v) is 8.31. The Labute approximate surface area is 174 Å². The second-order valence-electron chi connectivity index (χ2n) is 7.90. The topological polar surface area (TPSA) is 56.4 Å². The molecule has 1 fully saturated rings. The van der Waals surface area contributed by atoms with Gasteiger partial charge in [-0.2, -0.15) is 0 Å². The molecule has 2 aliphatic heterocycles. The standard InChI is InChI=1S/C23H22ClN3O2/c24-19-7-3-1-5-15(19)12-27-13-16(11-22(27)28)23(29)26-10-9-21-18(14-26)17-6-2-4-8-20(17)25-21/h1-8,16,25H,9-14H2. The number of hydrogen-bond donors (Lipinski definition) is 1. The molecule has 29 heavy (non-hydrogen) atoms. The van der Waals surface area contributed by atoms with E-state index in [4.69, 9.17) is 11.6 Å². The molecule has 2 amide bonds. The average molecular weight is 408 g/mol. The van der Waals surface area contributed by atoms with E-state index in [9.17, 15) is 9.59 Å². The molecular formula is C23H22ClN3O2. The first-order valence-corrected chi connectivity index (χ1v) is 10.4. The van der Waals surface area contributed by atoms with E-state index in [1.54, 1.807) is 4.90 Å². The Hall–Kier alpha value is -2.79. The molecule has 0 aliphatic carbocycles. The largest absolute Gasteiger partial charge is 0.358 e. The monoisotopic (exact) mass is 407 g/mol. The number of carbonyl (C=O) groups excluding carboxylic acids is 2. The Morgan fingerprint density at radius 2 is 1.93 bits per heavy atom. The highest BCUT2D eigenvalue weighted by Crippen LogP contribution is 2.30. The summed E-state index contributed by atoms with van der Waals surface area (Å²) >= 11 is 6.24. The lowest BCUT2D eigenvalue weighted by Gasteiger charge is -2.29. The predicted molar refractivity (Wildman–Crippen MR) is 112 cm³/mol. The third-order valence-electron chi connectivity index (χ3n) is 6.08. The fourth-order valence-electron chi connectivity index (χ4n) is 4.54. The Morgan fingerprint density at radius 3 is 2.79 bits per heavy atom. The highest BCUT2D eigenvalue weighted by atomic mass is 35.5. The van der Waals surface area contributed by atoms with E-state index in [0.717, 1.165) is 17.5 Å². The maximum Gasteiger partial charge on any atom is 0.228 e. The van der Waals surface area contributed by atoms with Crippen LogP contribution in [0.1, 0.15) is 23.2 Å². The van der Waals surface area contributed by atoms with Crippen molar-refractivity contribution in [2.75, 3.05) is 13.1 Å². The van der Waals surface area contributed by atoms with Crippen LogP contribution < -0.4 is 0 Å². The van der Waals surface area contributed by atoms with Crippen LogP contribution in [0.2, 0.25) is 5.02 Å². The summed E-state index contributed by atoms with van der Waals surface area (Å²) in [7, 11) is 0. The fourth-order valence-corrected chi connectivity index (χ4v) is 4.73. The van der Waals surface area contributed by atoms with Gasteiger partial charge in [0, 0.05) is 66.2 Å². The molecule has 0 bridgehead atoms. The van der Waals surface area contributed by atoms with Crippen LogP contribution in [0, 0.1) is 5.92 Å². The van der Waals surface area contributed by atoms with E-state index in [-0.39, 0.29) is 24.2 Å². The third kappa shape index (κ3) is 3.29. The smallest absolute Gasteiger partial charge is 0.228 e. The van der Waals surface area contributed by atoms with Crippen molar-refractivity contribution in [1.82, 2.24) is 14.8 Å². The summed E-state index contributed by atoms with van der Waals surface area (Å²) in [6.45, 7) is 2.20. The summed E-state index contributed by atoms with van der Waals surface area (Å²) in [5, 5.41) is 1.83. The van der Waals surface area contributed by atoms with Gasteiger partial charge in [-0.25, -0.2) is 0 Å². The van der Waals surface area contributed by atoms with Crippen molar-refractivity contribution in [3.8, 4) is 0 Å². The maximum absolute atomic E-state index is 13.2. The van der Waals surface area contributed by atoms with Gasteiger partial charge in [-0.1, -0.05) is 48.0 Å². The van der Waals surface area contributed by atoms with Crippen molar-refractivity contribution in [2.45, 2.75) is 25.9 Å². The molecule has 5 nitrogen and oxygen atoms in total. The van der Waals surface area contributed by atoms with Crippen molar-refractivity contribution in [3.05, 3.63) is 70.4 Å². The second kappa shape index (κ2) is 7.23. The molecule has 2 aromatic carbocycles. The van der Waals surface area contributed by atoms with E-state index in [1.807, 2.05) is 41.3 Å². The average Bonchev–Trinajstić information content (AvgIpc) is 3.29. The van der Waals surface area contributed by atoms with Gasteiger partial charge in [0.25, 0.3) is 0 Å². The van der Waals surface area contributed by atoms with Gasteiger partial charge in [-0.3, -0.25) is 9.59 Å². The van der Waals surface area contributed by atoms with E-state index < -0.39 is 0 Å².